The molecule has 0 bridgehead atoms. The van der Waals surface area contributed by atoms with Crippen LogP contribution in [0.2, 0.25) is 0 Å². The van der Waals surface area contributed by atoms with Gasteiger partial charge in [-0.05, 0) is 31.5 Å². The van der Waals surface area contributed by atoms with Gasteiger partial charge in [-0.1, -0.05) is 30.3 Å². The molecule has 3 rings (SSSR count). The Kier molecular flexibility index (Phi) is 6.10. The number of fused-ring (bicyclic) bond motifs is 1. The van der Waals surface area contributed by atoms with E-state index in [1.807, 2.05) is 32.0 Å². The van der Waals surface area contributed by atoms with Gasteiger partial charge in [0, 0.05) is 25.1 Å². The van der Waals surface area contributed by atoms with E-state index in [1.54, 1.807) is 37.4 Å². The highest BCUT2D eigenvalue weighted by Gasteiger charge is 2.38. The molecule has 0 saturated carbocycles. The van der Waals surface area contributed by atoms with E-state index in [-0.39, 0.29) is 6.04 Å². The number of ether oxygens (including phenoxy) is 2. The van der Waals surface area contributed by atoms with Crippen LogP contribution in [0.15, 0.2) is 48.5 Å². The van der Waals surface area contributed by atoms with E-state index in [1.165, 1.54) is 7.05 Å². The third kappa shape index (κ3) is 4.76. The number of hydrogen-bond donors (Lipinski definition) is 1. The van der Waals surface area contributed by atoms with Gasteiger partial charge in [0.15, 0.2) is 0 Å². The number of rotatable bonds is 6. The van der Waals surface area contributed by atoms with Crippen LogP contribution in [0.5, 0.6) is 11.5 Å². The average Bonchev–Trinajstić information content (AvgIpc) is 2.66. The molecular formula is C22H28N2O5S. The first-order chi connectivity index (χ1) is 14.0. The Balaban J connectivity index is 1.96. The summed E-state index contributed by atoms with van der Waals surface area (Å²) in [6.07, 6.45) is 1.64. The van der Waals surface area contributed by atoms with E-state index in [4.69, 9.17) is 9.47 Å². The molecular weight excluding hydrogens is 404 g/mol. The van der Waals surface area contributed by atoms with E-state index in [9.17, 15) is 13.2 Å². The highest BCUT2D eigenvalue weighted by atomic mass is 32.2. The Labute approximate surface area is 178 Å². The molecule has 7 nitrogen and oxygen atoms in total. The lowest BCUT2D eigenvalue weighted by Gasteiger charge is -2.39. The van der Waals surface area contributed by atoms with Crippen molar-refractivity contribution in [2.24, 2.45) is 0 Å². The second-order valence-electron chi connectivity index (χ2n) is 8.12. The van der Waals surface area contributed by atoms with Gasteiger partial charge in [0.1, 0.15) is 23.1 Å². The highest BCUT2D eigenvalue weighted by Crippen LogP contribution is 2.41. The minimum absolute atomic E-state index is 0.332. The number of nitrogens with zero attached hydrogens (tertiary/aromatic N) is 1. The zero-order chi connectivity index (χ0) is 22.1. The maximum absolute atomic E-state index is 13.4. The Morgan fingerprint density at radius 3 is 2.50 bits per heavy atom. The Morgan fingerprint density at radius 1 is 1.23 bits per heavy atom. The summed E-state index contributed by atoms with van der Waals surface area (Å²) in [4.78, 5) is 13.4. The molecule has 8 heteroatoms. The predicted octanol–water partition coefficient (Wildman–Crippen LogP) is 3.05. The molecule has 30 heavy (non-hydrogen) atoms. The molecule has 0 aromatic heterocycles. The number of amides is 1. The number of carbonyl (C=O) groups excluding carboxylic acids is 1. The molecule has 1 aliphatic rings. The fourth-order valence-electron chi connectivity index (χ4n) is 3.69. The van der Waals surface area contributed by atoms with Crippen LogP contribution in [0.4, 0.5) is 0 Å². The minimum atomic E-state index is -3.60. The topological polar surface area (TPSA) is 84.9 Å². The molecule has 0 unspecified atom stereocenters. The van der Waals surface area contributed by atoms with Gasteiger partial charge in [-0.2, -0.15) is 4.31 Å². The van der Waals surface area contributed by atoms with Crippen LogP contribution in [-0.2, 0) is 14.8 Å². The molecule has 1 N–H and O–H groups in total. The fourth-order valence-corrected chi connectivity index (χ4v) is 4.29. The quantitative estimate of drug-likeness (QED) is 0.758. The van der Waals surface area contributed by atoms with E-state index in [0.717, 1.165) is 16.1 Å². The summed E-state index contributed by atoms with van der Waals surface area (Å²) >= 11 is 0. The number of nitrogens with one attached hydrogen (secondary N) is 1. The number of likely N-dealkylation sites (N-methyl/N-ethyl adjacent to an activating group) is 1. The van der Waals surface area contributed by atoms with Gasteiger partial charge in [0.2, 0.25) is 15.9 Å². The van der Waals surface area contributed by atoms with Crippen molar-refractivity contribution in [2.75, 3.05) is 20.4 Å². The van der Waals surface area contributed by atoms with E-state index < -0.39 is 27.6 Å². The van der Waals surface area contributed by atoms with Crippen molar-refractivity contribution >= 4 is 15.9 Å². The Morgan fingerprint density at radius 2 is 1.90 bits per heavy atom. The molecule has 0 aliphatic carbocycles. The second-order valence-corrected chi connectivity index (χ2v) is 10.2. The first kappa shape index (κ1) is 22.1. The van der Waals surface area contributed by atoms with Crippen LogP contribution in [-0.4, -0.2) is 44.6 Å². The molecule has 0 fully saturated rings. The standard InChI is InChI=1S/C22H28N2O5S/c1-22(2)14-18(17-12-11-16(28-4)13-19(17)29-22)23-21(25)20(24(3)30(5,26)27)15-9-7-6-8-10-15/h6-13,18,20H,14H2,1-5H3,(H,23,25)/t18-,20+/m1/s1. The lowest BCUT2D eigenvalue weighted by Crippen LogP contribution is -2.46. The lowest BCUT2D eigenvalue weighted by molar-refractivity contribution is -0.126. The highest BCUT2D eigenvalue weighted by molar-refractivity contribution is 7.88. The lowest BCUT2D eigenvalue weighted by atomic mass is 9.89. The summed E-state index contributed by atoms with van der Waals surface area (Å²) in [5, 5.41) is 3.05. The number of benzene rings is 2. The first-order valence-corrected chi connectivity index (χ1v) is 11.5. The molecule has 1 heterocycles. The molecule has 162 valence electrons. The summed E-state index contributed by atoms with van der Waals surface area (Å²) in [5.74, 6) is 0.915. The van der Waals surface area contributed by atoms with Crippen molar-refractivity contribution in [1.29, 1.82) is 0 Å². The van der Waals surface area contributed by atoms with Crippen LogP contribution in [0, 0.1) is 0 Å². The van der Waals surface area contributed by atoms with Crippen LogP contribution in [0.1, 0.15) is 43.5 Å². The van der Waals surface area contributed by atoms with Crippen molar-refractivity contribution in [3.05, 3.63) is 59.7 Å². The van der Waals surface area contributed by atoms with Crippen molar-refractivity contribution in [3.63, 3.8) is 0 Å². The molecule has 0 spiro atoms. The van der Waals surface area contributed by atoms with Gasteiger partial charge in [-0.3, -0.25) is 4.79 Å². The number of carbonyl (C=O) groups is 1. The number of sulfonamides is 1. The van der Waals surface area contributed by atoms with Crippen molar-refractivity contribution < 1.29 is 22.7 Å². The normalized spacial score (nSPS) is 18.8. The van der Waals surface area contributed by atoms with Crippen LogP contribution < -0.4 is 14.8 Å². The van der Waals surface area contributed by atoms with E-state index in [2.05, 4.69) is 5.32 Å². The smallest absolute Gasteiger partial charge is 0.243 e. The van der Waals surface area contributed by atoms with E-state index >= 15 is 0 Å². The molecule has 2 aromatic rings. The SMILES string of the molecule is COc1ccc2c(c1)OC(C)(C)C[C@H]2NC(=O)[C@H](c1ccccc1)N(C)S(C)(=O)=O. The number of hydrogen-bond acceptors (Lipinski definition) is 5. The van der Waals surface area contributed by atoms with Gasteiger partial charge in [0.05, 0.1) is 19.4 Å². The average molecular weight is 433 g/mol. The summed E-state index contributed by atoms with van der Waals surface area (Å²) in [7, 11) is -0.597. The van der Waals surface area contributed by atoms with Crippen molar-refractivity contribution in [2.45, 2.75) is 38.0 Å². The molecule has 0 radical (unpaired) electrons. The summed E-state index contributed by atoms with van der Waals surface area (Å²) in [5.41, 5.74) is 0.920. The second kappa shape index (κ2) is 8.28. The van der Waals surface area contributed by atoms with Gasteiger partial charge in [-0.25, -0.2) is 8.42 Å². The molecule has 0 saturated heterocycles. The third-order valence-corrected chi connectivity index (χ3v) is 6.50. The molecule has 2 aromatic carbocycles. The van der Waals surface area contributed by atoms with E-state index in [0.29, 0.717) is 23.5 Å². The molecule has 2 atom stereocenters. The number of methoxy groups -OCH3 is 1. The van der Waals surface area contributed by atoms with Gasteiger partial charge in [-0.15, -0.1) is 0 Å². The maximum Gasteiger partial charge on any atom is 0.243 e. The van der Waals surface area contributed by atoms with Crippen LogP contribution >= 0.6 is 0 Å². The summed E-state index contributed by atoms with van der Waals surface area (Å²) < 4.78 is 36.9. The Bertz CT molecular complexity index is 1020. The third-order valence-electron chi connectivity index (χ3n) is 5.24. The van der Waals surface area contributed by atoms with Crippen LogP contribution in [0.25, 0.3) is 0 Å². The molecule has 1 aliphatic heterocycles. The zero-order valence-electron chi connectivity index (χ0n) is 17.9. The predicted molar refractivity (Wildman–Crippen MR) is 115 cm³/mol. The fraction of sp³-hybridized carbons (Fsp3) is 0.409. The van der Waals surface area contributed by atoms with Gasteiger partial charge >= 0.3 is 0 Å². The summed E-state index contributed by atoms with van der Waals surface area (Å²) in [6, 6.07) is 13.1. The largest absolute Gasteiger partial charge is 0.497 e. The minimum Gasteiger partial charge on any atom is -0.497 e. The first-order valence-electron chi connectivity index (χ1n) is 9.67. The maximum atomic E-state index is 13.4. The van der Waals surface area contributed by atoms with Crippen molar-refractivity contribution in [1.82, 2.24) is 9.62 Å². The molecule has 1 amide bonds. The van der Waals surface area contributed by atoms with Gasteiger partial charge < -0.3 is 14.8 Å². The summed E-state index contributed by atoms with van der Waals surface area (Å²) in [6.45, 7) is 3.90. The monoisotopic (exact) mass is 432 g/mol. The van der Waals surface area contributed by atoms with Crippen LogP contribution in [0.3, 0.4) is 0 Å². The zero-order valence-corrected chi connectivity index (χ0v) is 18.7. The van der Waals surface area contributed by atoms with Gasteiger partial charge in [0.25, 0.3) is 0 Å². The Hall–Kier alpha value is -2.58. The van der Waals surface area contributed by atoms with Crippen molar-refractivity contribution in [3.8, 4) is 11.5 Å².